The second kappa shape index (κ2) is 5.06. The van der Waals surface area contributed by atoms with Gasteiger partial charge in [-0.15, -0.1) is 0 Å². The molecule has 5 nitrogen and oxygen atoms in total. The number of rotatable bonds is 2. The summed E-state index contributed by atoms with van der Waals surface area (Å²) in [5.41, 5.74) is 0.448. The van der Waals surface area contributed by atoms with E-state index in [1.165, 1.54) is 28.6 Å². The van der Waals surface area contributed by atoms with Gasteiger partial charge in [0.15, 0.2) is 0 Å². The molecular formula is C12H14N2O3S. The van der Waals surface area contributed by atoms with Gasteiger partial charge in [-0.05, 0) is 31.2 Å². The fourth-order valence-electron chi connectivity index (χ4n) is 1.86. The Hall–Kier alpha value is -1.42. The first kappa shape index (κ1) is 13.0. The highest BCUT2D eigenvalue weighted by molar-refractivity contribution is 7.89. The number of morpholine rings is 1. The molecule has 0 aromatic heterocycles. The quantitative estimate of drug-likeness (QED) is 0.799. The summed E-state index contributed by atoms with van der Waals surface area (Å²) in [5, 5.41) is 8.69. The topological polar surface area (TPSA) is 70.4 Å². The van der Waals surface area contributed by atoms with Gasteiger partial charge in [-0.2, -0.15) is 9.57 Å². The zero-order chi connectivity index (χ0) is 13.2. The van der Waals surface area contributed by atoms with Crippen LogP contribution in [0.1, 0.15) is 12.5 Å². The van der Waals surface area contributed by atoms with Crippen LogP contribution in [0, 0.1) is 11.3 Å². The summed E-state index contributed by atoms with van der Waals surface area (Å²) >= 11 is 0. The van der Waals surface area contributed by atoms with Crippen molar-refractivity contribution in [3.05, 3.63) is 29.8 Å². The summed E-state index contributed by atoms with van der Waals surface area (Å²) in [6, 6.07) is 7.92. The minimum Gasteiger partial charge on any atom is -0.376 e. The molecule has 0 saturated carbocycles. The zero-order valence-corrected chi connectivity index (χ0v) is 10.9. The molecule has 6 heteroatoms. The van der Waals surface area contributed by atoms with Crippen molar-refractivity contribution in [1.82, 2.24) is 4.31 Å². The van der Waals surface area contributed by atoms with E-state index in [0.29, 0.717) is 25.3 Å². The van der Waals surface area contributed by atoms with E-state index < -0.39 is 10.0 Å². The summed E-state index contributed by atoms with van der Waals surface area (Å²) < 4.78 is 31.4. The SMILES string of the molecule is CC1CN(S(=O)(=O)c2ccc(C#N)cc2)CCO1. The van der Waals surface area contributed by atoms with Crippen LogP contribution in [0.15, 0.2) is 29.2 Å². The van der Waals surface area contributed by atoms with Gasteiger partial charge in [-0.1, -0.05) is 0 Å². The van der Waals surface area contributed by atoms with Crippen molar-refractivity contribution >= 4 is 10.0 Å². The van der Waals surface area contributed by atoms with Crippen LogP contribution in [0.5, 0.6) is 0 Å². The summed E-state index contributed by atoms with van der Waals surface area (Å²) in [6.07, 6.45) is -0.0908. The fraction of sp³-hybridized carbons (Fsp3) is 0.417. The van der Waals surface area contributed by atoms with E-state index >= 15 is 0 Å². The molecule has 0 N–H and O–H groups in total. The molecule has 1 aromatic carbocycles. The summed E-state index contributed by atoms with van der Waals surface area (Å²) in [5.74, 6) is 0. The normalized spacial score (nSPS) is 21.4. The van der Waals surface area contributed by atoms with E-state index in [4.69, 9.17) is 10.00 Å². The van der Waals surface area contributed by atoms with E-state index in [9.17, 15) is 8.42 Å². The van der Waals surface area contributed by atoms with Crippen LogP contribution in [0.3, 0.4) is 0 Å². The largest absolute Gasteiger partial charge is 0.376 e. The Morgan fingerprint density at radius 3 is 2.61 bits per heavy atom. The smallest absolute Gasteiger partial charge is 0.243 e. The van der Waals surface area contributed by atoms with Crippen molar-refractivity contribution in [1.29, 1.82) is 5.26 Å². The zero-order valence-electron chi connectivity index (χ0n) is 10.0. The Balaban J connectivity index is 2.27. The average Bonchev–Trinajstić information content (AvgIpc) is 2.39. The molecule has 0 radical (unpaired) electrons. The molecular weight excluding hydrogens is 252 g/mol. The van der Waals surface area contributed by atoms with E-state index in [0.717, 1.165) is 0 Å². The third-order valence-electron chi connectivity index (χ3n) is 2.82. The van der Waals surface area contributed by atoms with E-state index in [1.807, 2.05) is 13.0 Å². The van der Waals surface area contributed by atoms with Crippen LogP contribution in [0.2, 0.25) is 0 Å². The standard InChI is InChI=1S/C12H14N2O3S/c1-10-9-14(6-7-17-10)18(15,16)12-4-2-11(8-13)3-5-12/h2-5,10H,6-7,9H2,1H3. The molecule has 1 saturated heterocycles. The summed E-state index contributed by atoms with van der Waals surface area (Å²) in [4.78, 5) is 0.218. The Bertz CT molecular complexity index is 560. The molecule has 1 unspecified atom stereocenters. The Morgan fingerprint density at radius 2 is 2.06 bits per heavy atom. The maximum Gasteiger partial charge on any atom is 0.243 e. The highest BCUT2D eigenvalue weighted by Gasteiger charge is 2.28. The van der Waals surface area contributed by atoms with E-state index in [-0.39, 0.29) is 11.0 Å². The van der Waals surface area contributed by atoms with E-state index in [2.05, 4.69) is 0 Å². The summed E-state index contributed by atoms with van der Waals surface area (Å²) in [7, 11) is -3.48. The lowest BCUT2D eigenvalue weighted by Crippen LogP contribution is -2.44. The van der Waals surface area contributed by atoms with Gasteiger partial charge in [0.05, 0.1) is 29.2 Å². The van der Waals surface area contributed by atoms with Crippen LogP contribution in [-0.4, -0.2) is 38.5 Å². The highest BCUT2D eigenvalue weighted by atomic mass is 32.2. The third-order valence-corrected chi connectivity index (χ3v) is 4.70. The third kappa shape index (κ3) is 2.53. The minimum absolute atomic E-state index is 0.0908. The van der Waals surface area contributed by atoms with E-state index in [1.54, 1.807) is 0 Å². The Labute approximate surface area is 107 Å². The van der Waals surface area contributed by atoms with Crippen molar-refractivity contribution in [3.63, 3.8) is 0 Å². The fourth-order valence-corrected chi connectivity index (χ4v) is 3.35. The lowest BCUT2D eigenvalue weighted by Gasteiger charge is -2.30. The molecule has 1 aliphatic heterocycles. The van der Waals surface area contributed by atoms with Gasteiger partial charge in [-0.25, -0.2) is 8.42 Å². The summed E-state index contributed by atoms with van der Waals surface area (Å²) in [6.45, 7) is 2.99. The number of nitrogens with zero attached hydrogens (tertiary/aromatic N) is 2. The number of hydrogen-bond donors (Lipinski definition) is 0. The number of benzene rings is 1. The number of nitriles is 1. The molecule has 0 aliphatic carbocycles. The molecule has 1 fully saturated rings. The van der Waals surface area contributed by atoms with Gasteiger partial charge < -0.3 is 4.74 Å². The number of ether oxygens (including phenoxy) is 1. The average molecular weight is 266 g/mol. The maximum atomic E-state index is 12.3. The van der Waals surface area contributed by atoms with Gasteiger partial charge in [0.1, 0.15) is 0 Å². The van der Waals surface area contributed by atoms with Crippen LogP contribution in [0.4, 0.5) is 0 Å². The first-order valence-electron chi connectivity index (χ1n) is 5.66. The first-order valence-corrected chi connectivity index (χ1v) is 7.10. The van der Waals surface area contributed by atoms with Crippen molar-refractivity contribution in [2.45, 2.75) is 17.9 Å². The van der Waals surface area contributed by atoms with Crippen LogP contribution in [0.25, 0.3) is 0 Å². The molecule has 96 valence electrons. The second-order valence-corrected chi connectivity index (χ2v) is 6.12. The number of hydrogen-bond acceptors (Lipinski definition) is 4. The predicted molar refractivity (Wildman–Crippen MR) is 65.3 cm³/mol. The molecule has 1 aromatic rings. The van der Waals surface area contributed by atoms with Gasteiger partial charge in [-0.3, -0.25) is 0 Å². The molecule has 1 aliphatic rings. The van der Waals surface area contributed by atoms with Crippen molar-refractivity contribution in [3.8, 4) is 6.07 Å². The Kier molecular flexibility index (Phi) is 3.66. The van der Waals surface area contributed by atoms with Crippen molar-refractivity contribution < 1.29 is 13.2 Å². The molecule has 18 heavy (non-hydrogen) atoms. The van der Waals surface area contributed by atoms with Gasteiger partial charge in [0.25, 0.3) is 0 Å². The molecule has 2 rings (SSSR count). The van der Waals surface area contributed by atoms with Crippen molar-refractivity contribution in [2.75, 3.05) is 19.7 Å². The lowest BCUT2D eigenvalue weighted by atomic mass is 10.2. The maximum absolute atomic E-state index is 12.3. The molecule has 1 atom stereocenters. The first-order chi connectivity index (χ1) is 8.54. The lowest BCUT2D eigenvalue weighted by molar-refractivity contribution is 0.0102. The molecule has 0 amide bonds. The predicted octanol–water partition coefficient (Wildman–Crippen LogP) is 0.968. The van der Waals surface area contributed by atoms with Crippen LogP contribution < -0.4 is 0 Å². The van der Waals surface area contributed by atoms with Gasteiger partial charge in [0, 0.05) is 13.1 Å². The van der Waals surface area contributed by atoms with Gasteiger partial charge in [0.2, 0.25) is 10.0 Å². The van der Waals surface area contributed by atoms with Crippen molar-refractivity contribution in [2.24, 2.45) is 0 Å². The molecule has 0 spiro atoms. The Morgan fingerprint density at radius 1 is 1.39 bits per heavy atom. The second-order valence-electron chi connectivity index (χ2n) is 4.18. The molecule has 1 heterocycles. The number of sulfonamides is 1. The monoisotopic (exact) mass is 266 g/mol. The molecule has 0 bridgehead atoms. The highest BCUT2D eigenvalue weighted by Crippen LogP contribution is 2.19. The van der Waals surface area contributed by atoms with Crippen LogP contribution in [-0.2, 0) is 14.8 Å². The minimum atomic E-state index is -3.48. The van der Waals surface area contributed by atoms with Gasteiger partial charge >= 0.3 is 0 Å². The van der Waals surface area contributed by atoms with Crippen LogP contribution >= 0.6 is 0 Å².